The summed E-state index contributed by atoms with van der Waals surface area (Å²) in [5.41, 5.74) is 2.70. The molecule has 172 valence electrons. The smallest absolute Gasteiger partial charge is 0.325 e. The number of hydrogen-bond acceptors (Lipinski definition) is 3. The van der Waals surface area contributed by atoms with Crippen LogP contribution < -0.4 is 5.32 Å². The molecule has 3 aromatic rings. The van der Waals surface area contributed by atoms with Crippen molar-refractivity contribution in [1.82, 2.24) is 9.97 Å². The van der Waals surface area contributed by atoms with Crippen LogP contribution in [0.4, 0.5) is 18.9 Å². The largest absolute Gasteiger partial charge is 0.416 e. The molecular weight excluding hydrogens is 427 g/mol. The zero-order chi connectivity index (χ0) is 24.0. The quantitative estimate of drug-likeness (QED) is 0.500. The predicted octanol–water partition coefficient (Wildman–Crippen LogP) is 6.23. The summed E-state index contributed by atoms with van der Waals surface area (Å²) in [6, 6.07) is 8.77. The van der Waals surface area contributed by atoms with Crippen molar-refractivity contribution in [2.45, 2.75) is 64.5 Å². The highest BCUT2D eigenvalue weighted by atomic mass is 19.4. The van der Waals surface area contributed by atoms with Gasteiger partial charge in [0.25, 0.3) is 0 Å². The Labute approximate surface area is 190 Å². The van der Waals surface area contributed by atoms with Gasteiger partial charge in [0.15, 0.2) is 0 Å². The van der Waals surface area contributed by atoms with Crippen molar-refractivity contribution in [3.8, 4) is 0 Å². The van der Waals surface area contributed by atoms with Gasteiger partial charge >= 0.3 is 6.18 Å². The molecule has 5 rings (SSSR count). The maximum absolute atomic E-state index is 13.9. The molecule has 1 saturated carbocycles. The topological polar surface area (TPSA) is 54.9 Å². The molecule has 2 aromatic carbocycles. The summed E-state index contributed by atoms with van der Waals surface area (Å²) in [5.74, 6) is -0.327. The van der Waals surface area contributed by atoms with Crippen LogP contribution in [0.5, 0.6) is 0 Å². The predicted molar refractivity (Wildman–Crippen MR) is 121 cm³/mol. The summed E-state index contributed by atoms with van der Waals surface area (Å²) >= 11 is 0. The van der Waals surface area contributed by atoms with Gasteiger partial charge in [0.2, 0.25) is 5.91 Å². The van der Waals surface area contributed by atoms with Crippen LogP contribution in [0.2, 0.25) is 0 Å². The highest BCUT2D eigenvalue weighted by Gasteiger charge is 2.73. The molecule has 4 nitrogen and oxygen atoms in total. The van der Waals surface area contributed by atoms with Crippen LogP contribution in [0.25, 0.3) is 11.0 Å². The standard InChI is InChI=1S/C26H26F3N3O/c1-14-11-18-19(12-15(14)2)32-21-20(31-18)24(5)9-10-25(21,23(24,3)4)22(33)30-17-8-6-7-16(13-17)26(27,28)29/h6-8,11-13H,9-10H2,1-5H3,(H,30,33). The lowest BCUT2D eigenvalue weighted by molar-refractivity contribution is -0.137. The number of nitrogens with zero attached hydrogens (tertiary/aromatic N) is 2. The average molecular weight is 454 g/mol. The van der Waals surface area contributed by atoms with Crippen LogP contribution in [0.1, 0.15) is 61.7 Å². The minimum Gasteiger partial charge on any atom is -0.325 e. The summed E-state index contributed by atoms with van der Waals surface area (Å²) in [6.45, 7) is 10.3. The van der Waals surface area contributed by atoms with E-state index in [0.717, 1.165) is 46.4 Å². The number of carbonyl (C=O) groups is 1. The maximum Gasteiger partial charge on any atom is 0.416 e. The van der Waals surface area contributed by atoms with Crippen molar-refractivity contribution in [3.05, 3.63) is 64.5 Å². The molecule has 0 radical (unpaired) electrons. The van der Waals surface area contributed by atoms with Gasteiger partial charge in [-0.3, -0.25) is 4.79 Å². The van der Waals surface area contributed by atoms with E-state index < -0.39 is 22.6 Å². The number of fused-ring (bicyclic) bond motifs is 6. The Morgan fingerprint density at radius 2 is 1.55 bits per heavy atom. The number of alkyl halides is 3. The van der Waals surface area contributed by atoms with E-state index in [4.69, 9.17) is 9.97 Å². The first-order valence-electron chi connectivity index (χ1n) is 11.1. The third kappa shape index (κ3) is 2.74. The fourth-order valence-corrected chi connectivity index (χ4v) is 5.87. The fraction of sp³-hybridized carbons (Fsp3) is 0.423. The Morgan fingerprint density at radius 1 is 0.939 bits per heavy atom. The summed E-state index contributed by atoms with van der Waals surface area (Å²) in [6.07, 6.45) is -3.15. The van der Waals surface area contributed by atoms with Crippen molar-refractivity contribution < 1.29 is 18.0 Å². The summed E-state index contributed by atoms with van der Waals surface area (Å²) in [5, 5.41) is 2.79. The summed E-state index contributed by atoms with van der Waals surface area (Å²) < 4.78 is 39.6. The minimum absolute atomic E-state index is 0.127. The third-order valence-electron chi connectivity index (χ3n) is 8.49. The zero-order valence-corrected chi connectivity index (χ0v) is 19.3. The van der Waals surface area contributed by atoms with Crippen molar-refractivity contribution in [3.63, 3.8) is 0 Å². The van der Waals surface area contributed by atoms with Crippen LogP contribution in [0.15, 0.2) is 36.4 Å². The van der Waals surface area contributed by atoms with Gasteiger partial charge < -0.3 is 5.32 Å². The van der Waals surface area contributed by atoms with Crippen LogP contribution in [0, 0.1) is 19.3 Å². The Bertz CT molecular complexity index is 1330. The second-order valence-electron chi connectivity index (χ2n) is 10.2. The highest BCUT2D eigenvalue weighted by Crippen LogP contribution is 2.70. The number of aromatic nitrogens is 2. The lowest BCUT2D eigenvalue weighted by Gasteiger charge is -2.39. The van der Waals surface area contributed by atoms with Gasteiger partial charge in [0.1, 0.15) is 0 Å². The number of anilines is 1. The molecule has 1 heterocycles. The molecule has 2 bridgehead atoms. The molecule has 1 aromatic heterocycles. The molecule has 0 saturated heterocycles. The summed E-state index contributed by atoms with van der Waals surface area (Å²) in [4.78, 5) is 23.8. The van der Waals surface area contributed by atoms with Gasteiger partial charge in [-0.2, -0.15) is 13.2 Å². The van der Waals surface area contributed by atoms with Gasteiger partial charge in [-0.1, -0.05) is 26.8 Å². The maximum atomic E-state index is 13.9. The number of aryl methyl sites for hydroxylation is 2. The fourth-order valence-electron chi connectivity index (χ4n) is 5.87. The van der Waals surface area contributed by atoms with E-state index in [-0.39, 0.29) is 17.0 Å². The van der Waals surface area contributed by atoms with E-state index in [1.54, 1.807) is 0 Å². The molecule has 0 aliphatic heterocycles. The van der Waals surface area contributed by atoms with E-state index in [1.165, 1.54) is 12.1 Å². The van der Waals surface area contributed by atoms with Crippen molar-refractivity contribution >= 4 is 22.6 Å². The number of benzene rings is 2. The van der Waals surface area contributed by atoms with Gasteiger partial charge in [-0.05, 0) is 73.6 Å². The van der Waals surface area contributed by atoms with Crippen molar-refractivity contribution in [1.29, 1.82) is 0 Å². The number of carbonyl (C=O) groups excluding carboxylic acids is 1. The highest BCUT2D eigenvalue weighted by molar-refractivity contribution is 6.02. The van der Waals surface area contributed by atoms with E-state index in [1.807, 2.05) is 26.0 Å². The molecular formula is C26H26F3N3O. The SMILES string of the molecule is Cc1cc2nc3c(nc2cc1C)C1(C(=O)Nc2cccc(C(F)(F)F)c2)CCC3(C)C1(C)C. The molecule has 2 atom stereocenters. The van der Waals surface area contributed by atoms with Gasteiger partial charge in [-0.25, -0.2) is 9.97 Å². The first-order valence-corrected chi connectivity index (χ1v) is 11.1. The lowest BCUT2D eigenvalue weighted by Crippen LogP contribution is -2.48. The lowest BCUT2D eigenvalue weighted by atomic mass is 9.63. The normalized spacial score (nSPS) is 25.3. The molecule has 1 amide bonds. The Hall–Kier alpha value is -2.96. The van der Waals surface area contributed by atoms with Crippen LogP contribution in [-0.4, -0.2) is 15.9 Å². The molecule has 2 aliphatic rings. The van der Waals surface area contributed by atoms with Crippen LogP contribution in [-0.2, 0) is 21.8 Å². The number of rotatable bonds is 2. The molecule has 0 spiro atoms. The van der Waals surface area contributed by atoms with Gasteiger partial charge in [0, 0.05) is 11.1 Å². The van der Waals surface area contributed by atoms with Gasteiger partial charge in [-0.15, -0.1) is 0 Å². The van der Waals surface area contributed by atoms with E-state index >= 15 is 0 Å². The Kier molecular flexibility index (Phi) is 4.34. The van der Waals surface area contributed by atoms with Crippen molar-refractivity contribution in [2.24, 2.45) is 5.41 Å². The van der Waals surface area contributed by atoms with E-state index in [0.29, 0.717) is 12.1 Å². The summed E-state index contributed by atoms with van der Waals surface area (Å²) in [7, 11) is 0. The first kappa shape index (κ1) is 21.9. The second kappa shape index (κ2) is 6.55. The second-order valence-corrected chi connectivity index (χ2v) is 10.2. The van der Waals surface area contributed by atoms with Crippen LogP contribution in [0.3, 0.4) is 0 Å². The molecule has 33 heavy (non-hydrogen) atoms. The Balaban J connectivity index is 1.66. The first-order chi connectivity index (χ1) is 15.3. The molecule has 1 fully saturated rings. The number of hydrogen-bond donors (Lipinski definition) is 1. The number of amides is 1. The number of nitrogens with one attached hydrogen (secondary N) is 1. The Morgan fingerprint density at radius 3 is 2.15 bits per heavy atom. The molecule has 7 heteroatoms. The molecule has 2 aliphatic carbocycles. The molecule has 2 unspecified atom stereocenters. The third-order valence-corrected chi connectivity index (χ3v) is 8.49. The number of halogens is 3. The van der Waals surface area contributed by atoms with Crippen LogP contribution >= 0.6 is 0 Å². The average Bonchev–Trinajstić information content (AvgIpc) is 3.02. The molecule has 1 N–H and O–H groups in total. The van der Waals surface area contributed by atoms with E-state index in [9.17, 15) is 18.0 Å². The minimum atomic E-state index is -4.48. The monoisotopic (exact) mass is 453 g/mol. The van der Waals surface area contributed by atoms with Gasteiger partial charge in [0.05, 0.1) is 33.4 Å². The van der Waals surface area contributed by atoms with Crippen molar-refractivity contribution in [2.75, 3.05) is 5.32 Å². The zero-order valence-electron chi connectivity index (χ0n) is 19.3. The van der Waals surface area contributed by atoms with E-state index in [2.05, 4.69) is 26.1 Å².